The number of aromatic nitrogens is 6. The first-order chi connectivity index (χ1) is 70.4. The van der Waals surface area contributed by atoms with Gasteiger partial charge in [0.1, 0.15) is 5.01 Å². The summed E-state index contributed by atoms with van der Waals surface area (Å²) >= 11 is 7.79. The van der Waals surface area contributed by atoms with Gasteiger partial charge in [-0.25, -0.2) is 4.98 Å². The van der Waals surface area contributed by atoms with Crippen molar-refractivity contribution in [3.63, 3.8) is 0 Å². The summed E-state index contributed by atoms with van der Waals surface area (Å²) < 4.78 is 0. The molecular formula is C122H147ClN14O8S. The molecule has 7 aromatic carbocycles. The summed E-state index contributed by atoms with van der Waals surface area (Å²) in [6.45, 7) is 34.0. The number of pyridine rings is 5. The van der Waals surface area contributed by atoms with Crippen LogP contribution in [0.1, 0.15) is 251 Å². The van der Waals surface area contributed by atoms with Crippen LogP contribution in [0.3, 0.4) is 0 Å². The smallest absolute Gasteiger partial charge is 0.231 e. The molecule has 0 bridgehead atoms. The summed E-state index contributed by atoms with van der Waals surface area (Å²) in [5, 5.41) is 15.9. The predicted molar refractivity (Wildman–Crippen MR) is 588 cm³/mol. The van der Waals surface area contributed by atoms with Gasteiger partial charge < -0.3 is 40.9 Å². The monoisotopic (exact) mass is 2000 g/mol. The quantitative estimate of drug-likeness (QED) is 0.0276. The fourth-order valence-electron chi connectivity index (χ4n) is 19.3. The number of hydrogen-bond donors (Lipinski definition) is 4. The molecule has 0 saturated carbocycles. The molecule has 13 aromatic rings. The minimum atomic E-state index is -0.504. The lowest BCUT2D eigenvalue weighted by atomic mass is 9.80. The van der Waals surface area contributed by atoms with Gasteiger partial charge in [-0.3, -0.25) is 63.3 Å². The van der Waals surface area contributed by atoms with Crippen molar-refractivity contribution in [2.24, 2.45) is 0 Å². The third kappa shape index (κ3) is 34.6. The number of halogens is 1. The van der Waals surface area contributed by atoms with E-state index >= 15 is 0 Å². The molecule has 13 rings (SSSR count). The fraction of sp³-hybridized carbons (Fsp3) is 0.361. The SMILES string of the molecule is CC(C)N(C(=O)C(c1cccnc1)C(CNC(=O)CCCc1ccccc1)c1ccccc1)C(C)C.CC(C)N(C(=O)C(c1cccnc1)C(CNC(=O)CCc1ccccc1Cl)c1ccccc1)C(C)C.CC(C)N(C(=O)C(c1cccnc1)C(CNC(=O)CCc1ccccn1)c1ccccc1)C(C)C.CC(C)N(C(=O)C(c1cccnc1)C(CNC(=O)Cc1csc(-c2ccccc2)n1)c1ccccc1)C(C)C. The van der Waals surface area contributed by atoms with E-state index in [0.717, 1.165) is 84.9 Å². The van der Waals surface area contributed by atoms with Crippen LogP contribution in [-0.4, -0.2) is 171 Å². The molecule has 0 saturated heterocycles. The number of carbonyl (C=O) groups excluding carboxylic acids is 8. The molecule has 24 heteroatoms. The van der Waals surface area contributed by atoms with Gasteiger partial charge in [0, 0.05) is 195 Å². The standard InChI is InChI=1S/C32H36N4O2S.C31H39N3O2.C30H36ClN3O2.C29H36N4O2/c1-22(2)36(23(3)4)32(38)30(26-16-11-17-33-19-26)28(24-12-7-5-8-13-24)20-34-29(37)18-27-21-39-31(35-27)25-14-9-6-10-15-25;1-23(2)34(24(3)4)31(36)30(27-18-12-20-32-21-27)28(26-16-9-6-10-17-26)22-33-29(35)19-11-15-25-13-7-5-8-14-25;1-21(2)34(22(3)4)30(36)29(25-14-10-18-32-19-25)26(23-11-6-5-7-12-23)20-33-28(35)17-16-24-13-8-9-15-27(24)31;1-21(2)33(22(3)4)29(35)28(24-13-10-17-30-19-24)26(23-11-6-5-7-12-23)20-32-27(34)16-15-25-14-8-9-18-31-25/h5-17,19,21-23,28,30H,18,20H2,1-4H3,(H,34,37);5-10,12-14,16-18,20-21,23-24,28,30H,11,15,19,22H2,1-4H3,(H,33,35);5-15,18-19,21-22,26,29H,16-17,20H2,1-4H3,(H,33,35);5-14,17-19,21-22,26,28H,15-16,20H2,1-4H3,(H,32,34). The second-order valence-corrected chi connectivity index (χ2v) is 40.3. The maximum atomic E-state index is 14.2. The summed E-state index contributed by atoms with van der Waals surface area (Å²) in [6.07, 6.45) is 19.7. The Morgan fingerprint density at radius 1 is 0.295 bits per heavy atom. The largest absolute Gasteiger partial charge is 0.355 e. The Hall–Kier alpha value is -14.0. The van der Waals surface area contributed by atoms with Crippen molar-refractivity contribution in [1.29, 1.82) is 0 Å². The van der Waals surface area contributed by atoms with Crippen molar-refractivity contribution < 1.29 is 38.4 Å². The van der Waals surface area contributed by atoms with Crippen molar-refractivity contribution in [3.8, 4) is 10.6 Å². The molecule has 6 aromatic heterocycles. The molecule has 8 atom stereocenters. The van der Waals surface area contributed by atoms with Gasteiger partial charge in [0.2, 0.25) is 47.3 Å². The molecule has 0 aliphatic carbocycles. The number of amides is 8. The van der Waals surface area contributed by atoms with E-state index in [1.165, 1.54) is 16.9 Å². The first kappa shape index (κ1) is 114. The van der Waals surface area contributed by atoms with E-state index in [2.05, 4.69) is 63.3 Å². The van der Waals surface area contributed by atoms with Gasteiger partial charge in [-0.1, -0.05) is 242 Å². The van der Waals surface area contributed by atoms with Gasteiger partial charge in [0.05, 0.1) is 35.8 Å². The molecule has 8 unspecified atom stereocenters. The highest BCUT2D eigenvalue weighted by Gasteiger charge is 2.42. The highest BCUT2D eigenvalue weighted by molar-refractivity contribution is 7.13. The molecule has 146 heavy (non-hydrogen) atoms. The average Bonchev–Trinajstić information content (AvgIpc) is 1.20. The van der Waals surface area contributed by atoms with Crippen LogP contribution in [0.15, 0.2) is 334 Å². The van der Waals surface area contributed by atoms with Crippen LogP contribution in [0.5, 0.6) is 0 Å². The van der Waals surface area contributed by atoms with Crippen molar-refractivity contribution in [2.75, 3.05) is 26.2 Å². The number of rotatable bonds is 45. The van der Waals surface area contributed by atoms with E-state index in [9.17, 15) is 38.4 Å². The van der Waals surface area contributed by atoms with Crippen molar-refractivity contribution in [3.05, 3.63) is 406 Å². The van der Waals surface area contributed by atoms with Gasteiger partial charge in [-0.15, -0.1) is 11.3 Å². The number of nitrogens with zero attached hydrogens (tertiary/aromatic N) is 10. The molecule has 0 radical (unpaired) electrons. The summed E-state index contributed by atoms with van der Waals surface area (Å²) in [5.74, 6) is -3.02. The lowest BCUT2D eigenvalue weighted by Crippen LogP contribution is -2.47. The Kier molecular flexibility index (Phi) is 46.4. The molecular weight excluding hydrogens is 1860 g/mol. The van der Waals surface area contributed by atoms with Gasteiger partial charge >= 0.3 is 0 Å². The molecule has 0 aliphatic heterocycles. The van der Waals surface area contributed by atoms with Crippen LogP contribution in [0.2, 0.25) is 5.02 Å². The zero-order valence-electron chi connectivity index (χ0n) is 87.5. The molecule has 22 nitrogen and oxygen atoms in total. The number of benzene rings is 7. The highest BCUT2D eigenvalue weighted by Crippen LogP contribution is 2.41. The minimum Gasteiger partial charge on any atom is -0.355 e. The van der Waals surface area contributed by atoms with E-state index in [1.54, 1.807) is 55.8 Å². The number of thiazole rings is 1. The van der Waals surface area contributed by atoms with Crippen LogP contribution < -0.4 is 21.3 Å². The topological polar surface area (TPSA) is 275 Å². The van der Waals surface area contributed by atoms with Crippen LogP contribution >= 0.6 is 22.9 Å². The zero-order chi connectivity index (χ0) is 105. The number of aryl methyl sites for hydroxylation is 3. The highest BCUT2D eigenvalue weighted by atomic mass is 35.5. The molecule has 766 valence electrons. The summed E-state index contributed by atoms with van der Waals surface area (Å²) in [6, 6.07) is 88.9. The first-order valence-corrected chi connectivity index (χ1v) is 52.5. The predicted octanol–water partition coefficient (Wildman–Crippen LogP) is 22.5. The van der Waals surface area contributed by atoms with Gasteiger partial charge in [0.15, 0.2) is 0 Å². The number of nitrogens with one attached hydrogen (secondary N) is 4. The first-order valence-electron chi connectivity index (χ1n) is 51.2. The van der Waals surface area contributed by atoms with Crippen LogP contribution in [0.4, 0.5) is 0 Å². The summed E-state index contributed by atoms with van der Waals surface area (Å²) in [4.78, 5) is 142. The van der Waals surface area contributed by atoms with Gasteiger partial charge in [-0.2, -0.15) is 0 Å². The maximum absolute atomic E-state index is 14.2. The minimum absolute atomic E-state index is 0.00817. The third-order valence-electron chi connectivity index (χ3n) is 25.8. The van der Waals surface area contributed by atoms with Crippen LogP contribution in [-0.2, 0) is 64.0 Å². The Balaban J connectivity index is 0.000000200. The Morgan fingerprint density at radius 2 is 0.589 bits per heavy atom. The van der Waals surface area contributed by atoms with E-state index in [1.807, 2.05) is 397 Å². The summed E-state index contributed by atoms with van der Waals surface area (Å²) in [5.41, 5.74) is 12.2. The molecule has 6 heterocycles. The number of hydrogen-bond acceptors (Lipinski definition) is 15. The molecule has 0 aliphatic rings. The molecule has 8 amide bonds. The number of carbonyl (C=O) groups is 8. The molecule has 4 N–H and O–H groups in total. The summed E-state index contributed by atoms with van der Waals surface area (Å²) in [7, 11) is 0. The Morgan fingerprint density at radius 3 is 0.904 bits per heavy atom. The van der Waals surface area contributed by atoms with Crippen molar-refractivity contribution >= 4 is 70.2 Å². The normalized spacial score (nSPS) is 12.8. The van der Waals surface area contributed by atoms with Crippen molar-refractivity contribution in [1.82, 2.24) is 70.8 Å². The van der Waals surface area contributed by atoms with Crippen LogP contribution in [0, 0.1) is 0 Å². The van der Waals surface area contributed by atoms with E-state index in [-0.39, 0.29) is 126 Å². The fourth-order valence-corrected chi connectivity index (χ4v) is 20.4. The molecule has 0 fully saturated rings. The van der Waals surface area contributed by atoms with Crippen molar-refractivity contribution in [2.45, 2.75) is 258 Å². The van der Waals surface area contributed by atoms with Gasteiger partial charge in [-0.05, 0) is 235 Å². The van der Waals surface area contributed by atoms with Crippen LogP contribution in [0.25, 0.3) is 10.6 Å². The molecule has 0 spiro atoms. The van der Waals surface area contributed by atoms with E-state index in [0.29, 0.717) is 63.3 Å². The zero-order valence-corrected chi connectivity index (χ0v) is 89.1. The van der Waals surface area contributed by atoms with Gasteiger partial charge in [0.25, 0.3) is 0 Å². The van der Waals surface area contributed by atoms with E-state index < -0.39 is 23.7 Å². The maximum Gasteiger partial charge on any atom is 0.231 e. The van der Waals surface area contributed by atoms with E-state index in [4.69, 9.17) is 11.6 Å². The Bertz CT molecular complexity index is 6040. The average molecular weight is 2010 g/mol. The lowest BCUT2D eigenvalue weighted by Gasteiger charge is -2.37. The lowest BCUT2D eigenvalue weighted by molar-refractivity contribution is -0.138. The third-order valence-corrected chi connectivity index (χ3v) is 27.2. The second-order valence-electron chi connectivity index (χ2n) is 39.0. The Labute approximate surface area is 874 Å². The second kappa shape index (κ2) is 59.4.